The lowest BCUT2D eigenvalue weighted by molar-refractivity contribution is -0.150. The molecule has 0 amide bonds. The number of carbonyl (C=O) groups is 1. The second kappa shape index (κ2) is 8.52. The third-order valence-electron chi connectivity index (χ3n) is 3.51. The summed E-state index contributed by atoms with van der Waals surface area (Å²) in [6.07, 6.45) is 1.34. The van der Waals surface area contributed by atoms with Gasteiger partial charge in [0.1, 0.15) is 0 Å². The number of para-hydroxylation sites is 1. The second-order valence-electron chi connectivity index (χ2n) is 4.80. The van der Waals surface area contributed by atoms with Crippen molar-refractivity contribution >= 4 is 5.97 Å². The predicted octanol–water partition coefficient (Wildman–Crippen LogP) is 2.72. The van der Waals surface area contributed by atoms with Crippen molar-refractivity contribution in [2.75, 3.05) is 21.3 Å². The van der Waals surface area contributed by atoms with Crippen molar-refractivity contribution < 1.29 is 24.1 Å². The van der Waals surface area contributed by atoms with Crippen molar-refractivity contribution in [2.45, 2.75) is 32.3 Å². The third kappa shape index (κ3) is 4.11. The van der Waals surface area contributed by atoms with Crippen molar-refractivity contribution in [3.63, 3.8) is 0 Å². The summed E-state index contributed by atoms with van der Waals surface area (Å²) in [4.78, 5) is 11.9. The molecule has 1 aromatic rings. The molecule has 2 atom stereocenters. The van der Waals surface area contributed by atoms with Crippen molar-refractivity contribution in [2.24, 2.45) is 5.92 Å². The average molecular weight is 296 g/mol. The Bertz CT molecular complexity index is 458. The highest BCUT2D eigenvalue weighted by molar-refractivity contribution is 5.73. The molecule has 5 heteroatoms. The van der Waals surface area contributed by atoms with Crippen LogP contribution in [0.2, 0.25) is 0 Å². The Morgan fingerprint density at radius 1 is 1.24 bits per heavy atom. The third-order valence-corrected chi connectivity index (χ3v) is 3.51. The maximum Gasteiger partial charge on any atom is 0.311 e. The van der Waals surface area contributed by atoms with Gasteiger partial charge in [0.25, 0.3) is 0 Å². The molecule has 1 aromatic carbocycles. The molecule has 1 rings (SSSR count). The van der Waals surface area contributed by atoms with Crippen LogP contribution < -0.4 is 9.47 Å². The highest BCUT2D eigenvalue weighted by Gasteiger charge is 2.31. The Hall–Kier alpha value is -1.75. The fourth-order valence-electron chi connectivity index (χ4n) is 2.34. The number of benzene rings is 1. The van der Waals surface area contributed by atoms with Gasteiger partial charge in [-0.15, -0.1) is 0 Å². The first kappa shape index (κ1) is 17.3. The molecule has 0 aromatic heterocycles. The summed E-state index contributed by atoms with van der Waals surface area (Å²) in [6.45, 7) is 2.03. The monoisotopic (exact) mass is 296 g/mol. The maximum absolute atomic E-state index is 11.9. The quantitative estimate of drug-likeness (QED) is 0.747. The molecule has 0 saturated heterocycles. The smallest absolute Gasteiger partial charge is 0.311 e. The molecule has 118 valence electrons. The Balaban J connectivity index is 3.13. The highest BCUT2D eigenvalue weighted by Crippen LogP contribution is 2.38. The van der Waals surface area contributed by atoms with Crippen LogP contribution in [0.15, 0.2) is 18.2 Å². The molecule has 0 aliphatic heterocycles. The van der Waals surface area contributed by atoms with E-state index in [1.165, 1.54) is 21.3 Å². The molecule has 21 heavy (non-hydrogen) atoms. The van der Waals surface area contributed by atoms with E-state index in [1.54, 1.807) is 18.2 Å². The first-order valence-electron chi connectivity index (χ1n) is 7.07. The zero-order valence-corrected chi connectivity index (χ0v) is 13.1. The van der Waals surface area contributed by atoms with Crippen LogP contribution in [0.3, 0.4) is 0 Å². The van der Waals surface area contributed by atoms with E-state index < -0.39 is 18.0 Å². The fraction of sp³-hybridized carbons (Fsp3) is 0.562. The normalized spacial score (nSPS) is 13.4. The minimum Gasteiger partial charge on any atom is -0.493 e. The summed E-state index contributed by atoms with van der Waals surface area (Å²) in [5.41, 5.74) is 0.531. The van der Waals surface area contributed by atoms with E-state index in [0.717, 1.165) is 12.8 Å². The molecule has 2 unspecified atom stereocenters. The van der Waals surface area contributed by atoms with Crippen molar-refractivity contribution in [1.29, 1.82) is 0 Å². The molecular formula is C16H24O5. The zero-order chi connectivity index (χ0) is 15.8. The van der Waals surface area contributed by atoms with E-state index in [1.807, 2.05) is 6.92 Å². The lowest BCUT2D eigenvalue weighted by Crippen LogP contribution is -2.24. The molecule has 1 N–H and O–H groups in total. The molecule has 5 nitrogen and oxygen atoms in total. The lowest BCUT2D eigenvalue weighted by atomic mass is 9.90. The van der Waals surface area contributed by atoms with Crippen molar-refractivity contribution in [3.05, 3.63) is 23.8 Å². The largest absolute Gasteiger partial charge is 0.493 e. The van der Waals surface area contributed by atoms with Gasteiger partial charge in [0.05, 0.1) is 33.4 Å². The summed E-state index contributed by atoms with van der Waals surface area (Å²) < 4.78 is 15.4. The molecular weight excluding hydrogens is 272 g/mol. The van der Waals surface area contributed by atoms with Crippen molar-refractivity contribution in [1.82, 2.24) is 0 Å². The average Bonchev–Trinajstić information content (AvgIpc) is 2.53. The number of hydrogen-bond donors (Lipinski definition) is 1. The standard InChI is InChI=1S/C16H24O5/c1-5-6-8-12(16(18)21-4)14(17)11-9-7-10-13(19-2)15(11)20-3/h7,9-10,12,14,17H,5-6,8H2,1-4H3. The minimum absolute atomic E-state index is 0.416. The predicted molar refractivity (Wildman–Crippen MR) is 79.5 cm³/mol. The molecule has 0 fully saturated rings. The number of esters is 1. The highest BCUT2D eigenvalue weighted by atomic mass is 16.5. The van der Waals surface area contributed by atoms with Gasteiger partial charge < -0.3 is 19.3 Å². The van der Waals surface area contributed by atoms with Gasteiger partial charge in [0, 0.05) is 5.56 Å². The maximum atomic E-state index is 11.9. The Kier molecular flexibility index (Phi) is 7.02. The van der Waals surface area contributed by atoms with E-state index in [4.69, 9.17) is 14.2 Å². The number of ether oxygens (including phenoxy) is 3. The topological polar surface area (TPSA) is 65.0 Å². The van der Waals surface area contributed by atoms with E-state index in [-0.39, 0.29) is 0 Å². The lowest BCUT2D eigenvalue weighted by Gasteiger charge is -2.23. The molecule has 0 heterocycles. The van der Waals surface area contributed by atoms with Crippen LogP contribution in [0.5, 0.6) is 11.5 Å². The zero-order valence-electron chi connectivity index (χ0n) is 13.1. The molecule has 0 aliphatic carbocycles. The first-order chi connectivity index (χ1) is 10.1. The van der Waals surface area contributed by atoms with Gasteiger partial charge in [0.15, 0.2) is 11.5 Å². The number of aliphatic hydroxyl groups excluding tert-OH is 1. The number of unbranched alkanes of at least 4 members (excludes halogenated alkanes) is 1. The Morgan fingerprint density at radius 3 is 2.48 bits per heavy atom. The van der Waals surface area contributed by atoms with Crippen LogP contribution in [0, 0.1) is 5.92 Å². The van der Waals surface area contributed by atoms with Crippen LogP contribution in [0.25, 0.3) is 0 Å². The van der Waals surface area contributed by atoms with Crippen LogP contribution >= 0.6 is 0 Å². The summed E-state index contributed by atoms with van der Waals surface area (Å²) in [7, 11) is 4.37. The van der Waals surface area contributed by atoms with Gasteiger partial charge in [-0.05, 0) is 12.5 Å². The van der Waals surface area contributed by atoms with E-state index in [9.17, 15) is 9.90 Å². The second-order valence-corrected chi connectivity index (χ2v) is 4.80. The number of aliphatic hydroxyl groups is 1. The van der Waals surface area contributed by atoms with Crippen LogP contribution in [0.1, 0.15) is 37.9 Å². The van der Waals surface area contributed by atoms with E-state index in [0.29, 0.717) is 23.5 Å². The molecule has 0 saturated carbocycles. The van der Waals surface area contributed by atoms with Gasteiger partial charge in [-0.1, -0.05) is 31.9 Å². The van der Waals surface area contributed by atoms with Gasteiger partial charge in [0.2, 0.25) is 0 Å². The first-order valence-corrected chi connectivity index (χ1v) is 7.07. The van der Waals surface area contributed by atoms with Gasteiger partial charge in [-0.3, -0.25) is 4.79 Å². The summed E-state index contributed by atoms with van der Waals surface area (Å²) in [5.74, 6) is -0.0668. The fourth-order valence-corrected chi connectivity index (χ4v) is 2.34. The molecule has 0 bridgehead atoms. The summed E-state index contributed by atoms with van der Waals surface area (Å²) in [6, 6.07) is 5.23. The van der Waals surface area contributed by atoms with Crippen LogP contribution in [0.4, 0.5) is 0 Å². The summed E-state index contributed by atoms with van der Waals surface area (Å²) in [5, 5.41) is 10.6. The Morgan fingerprint density at radius 2 is 1.95 bits per heavy atom. The molecule has 0 radical (unpaired) electrons. The van der Waals surface area contributed by atoms with E-state index >= 15 is 0 Å². The molecule has 0 spiro atoms. The van der Waals surface area contributed by atoms with Gasteiger partial charge in [-0.25, -0.2) is 0 Å². The molecule has 0 aliphatic rings. The number of hydrogen-bond acceptors (Lipinski definition) is 5. The number of methoxy groups -OCH3 is 3. The Labute approximate surface area is 125 Å². The van der Waals surface area contributed by atoms with Gasteiger partial charge in [-0.2, -0.15) is 0 Å². The minimum atomic E-state index is -0.992. The van der Waals surface area contributed by atoms with Crippen LogP contribution in [-0.4, -0.2) is 32.4 Å². The SMILES string of the molecule is CCCCC(C(=O)OC)C(O)c1cccc(OC)c1OC. The van der Waals surface area contributed by atoms with Gasteiger partial charge >= 0.3 is 5.97 Å². The van der Waals surface area contributed by atoms with Crippen LogP contribution in [-0.2, 0) is 9.53 Å². The number of carbonyl (C=O) groups excluding carboxylic acids is 1. The van der Waals surface area contributed by atoms with E-state index in [2.05, 4.69) is 0 Å². The van der Waals surface area contributed by atoms with Crippen molar-refractivity contribution in [3.8, 4) is 11.5 Å². The summed E-state index contributed by atoms with van der Waals surface area (Å²) >= 11 is 0. The number of rotatable bonds is 8.